The van der Waals surface area contributed by atoms with E-state index in [2.05, 4.69) is 44.3 Å². The first-order valence-corrected chi connectivity index (χ1v) is 7.72. The van der Waals surface area contributed by atoms with Gasteiger partial charge in [0.1, 0.15) is 5.75 Å². The summed E-state index contributed by atoms with van der Waals surface area (Å²) in [4.78, 5) is 0. The summed E-state index contributed by atoms with van der Waals surface area (Å²) in [6.07, 6.45) is 0.882. The number of methoxy groups -OCH3 is 1. The van der Waals surface area contributed by atoms with Crippen molar-refractivity contribution >= 4 is 0 Å². The van der Waals surface area contributed by atoms with Crippen LogP contribution in [0.25, 0.3) is 0 Å². The summed E-state index contributed by atoms with van der Waals surface area (Å²) in [6.45, 7) is 9.99. The van der Waals surface area contributed by atoms with E-state index in [0.29, 0.717) is 32.5 Å². The number of hydrogen-bond donors (Lipinski definition) is 1. The van der Waals surface area contributed by atoms with Gasteiger partial charge in [0.15, 0.2) is 0 Å². The average molecular weight is 295 g/mol. The van der Waals surface area contributed by atoms with E-state index >= 15 is 0 Å². The zero-order valence-corrected chi connectivity index (χ0v) is 13.8. The Bertz CT molecular complexity index is 396. The van der Waals surface area contributed by atoms with Gasteiger partial charge in [0.05, 0.1) is 19.8 Å². The average Bonchev–Trinajstić information content (AvgIpc) is 2.47. The van der Waals surface area contributed by atoms with Crippen LogP contribution in [0.1, 0.15) is 37.4 Å². The van der Waals surface area contributed by atoms with Crippen molar-refractivity contribution in [3.8, 4) is 5.75 Å². The second-order valence-corrected chi connectivity index (χ2v) is 5.13. The van der Waals surface area contributed by atoms with E-state index in [1.165, 1.54) is 11.1 Å². The minimum Gasteiger partial charge on any atom is -0.493 e. The summed E-state index contributed by atoms with van der Waals surface area (Å²) in [5.74, 6) is 0.964. The molecular weight excluding hydrogens is 266 g/mol. The summed E-state index contributed by atoms with van der Waals surface area (Å²) in [5, 5.41) is 3.44. The van der Waals surface area contributed by atoms with Gasteiger partial charge in [-0.05, 0) is 26.5 Å². The zero-order chi connectivity index (χ0) is 15.5. The fraction of sp³-hybridized carbons (Fsp3) is 0.647. The smallest absolute Gasteiger partial charge is 0.124 e. The molecule has 0 aliphatic rings. The molecule has 1 aromatic carbocycles. The molecule has 120 valence electrons. The van der Waals surface area contributed by atoms with Gasteiger partial charge in [0.25, 0.3) is 0 Å². The summed E-state index contributed by atoms with van der Waals surface area (Å²) < 4.78 is 16.3. The largest absolute Gasteiger partial charge is 0.493 e. The fourth-order valence-electron chi connectivity index (χ4n) is 2.14. The maximum absolute atomic E-state index is 5.91. The molecular formula is C17H29NO3. The van der Waals surface area contributed by atoms with Gasteiger partial charge in [-0.15, -0.1) is 0 Å². The van der Waals surface area contributed by atoms with Crippen molar-refractivity contribution in [1.82, 2.24) is 5.32 Å². The highest BCUT2D eigenvalue weighted by molar-refractivity contribution is 5.38. The minimum atomic E-state index is 0.294. The minimum absolute atomic E-state index is 0.294. The van der Waals surface area contributed by atoms with Crippen LogP contribution >= 0.6 is 0 Å². The molecule has 0 spiro atoms. The molecule has 0 saturated carbocycles. The number of rotatable bonds is 11. The molecule has 0 aliphatic carbocycles. The van der Waals surface area contributed by atoms with Crippen LogP contribution in [-0.4, -0.2) is 40.1 Å². The highest BCUT2D eigenvalue weighted by Gasteiger charge is 2.11. The van der Waals surface area contributed by atoms with Crippen LogP contribution in [0.5, 0.6) is 5.75 Å². The van der Waals surface area contributed by atoms with Crippen LogP contribution in [0.4, 0.5) is 0 Å². The third-order valence-electron chi connectivity index (χ3n) is 3.26. The molecule has 0 radical (unpaired) electrons. The van der Waals surface area contributed by atoms with Gasteiger partial charge in [-0.1, -0.05) is 24.6 Å². The number of aryl methyl sites for hydroxylation is 1. The van der Waals surface area contributed by atoms with Crippen molar-refractivity contribution in [3.63, 3.8) is 0 Å². The van der Waals surface area contributed by atoms with Gasteiger partial charge < -0.3 is 19.5 Å². The maximum atomic E-state index is 5.91. The van der Waals surface area contributed by atoms with Gasteiger partial charge in [-0.25, -0.2) is 0 Å². The second kappa shape index (κ2) is 10.6. The summed E-state index contributed by atoms with van der Waals surface area (Å²) in [7, 11) is 1.68. The van der Waals surface area contributed by atoms with Crippen molar-refractivity contribution in [3.05, 3.63) is 29.3 Å². The third kappa shape index (κ3) is 6.93. The lowest BCUT2D eigenvalue weighted by Crippen LogP contribution is -2.19. The van der Waals surface area contributed by atoms with Crippen molar-refractivity contribution < 1.29 is 14.2 Å². The van der Waals surface area contributed by atoms with E-state index in [4.69, 9.17) is 14.2 Å². The van der Waals surface area contributed by atoms with Crippen LogP contribution in [0, 0.1) is 6.92 Å². The molecule has 0 heterocycles. The molecule has 0 fully saturated rings. The van der Waals surface area contributed by atoms with Crippen molar-refractivity contribution in [2.24, 2.45) is 0 Å². The summed E-state index contributed by atoms with van der Waals surface area (Å²) in [5.41, 5.74) is 2.47. The number of hydrogen-bond acceptors (Lipinski definition) is 4. The lowest BCUT2D eigenvalue weighted by Gasteiger charge is -2.18. The molecule has 1 aromatic rings. The normalized spacial score (nSPS) is 12.4. The van der Waals surface area contributed by atoms with Gasteiger partial charge in [-0.3, -0.25) is 0 Å². The van der Waals surface area contributed by atoms with Gasteiger partial charge in [0.2, 0.25) is 0 Å². The number of nitrogens with one attached hydrogen (secondary N) is 1. The van der Waals surface area contributed by atoms with Crippen molar-refractivity contribution in [2.45, 2.75) is 33.2 Å². The Balaban J connectivity index is 2.43. The lowest BCUT2D eigenvalue weighted by molar-refractivity contribution is 0.0643. The summed E-state index contributed by atoms with van der Waals surface area (Å²) >= 11 is 0. The van der Waals surface area contributed by atoms with E-state index < -0.39 is 0 Å². The van der Waals surface area contributed by atoms with Gasteiger partial charge in [-0.2, -0.15) is 0 Å². The molecule has 0 saturated heterocycles. The highest BCUT2D eigenvalue weighted by atomic mass is 16.5. The first-order chi connectivity index (χ1) is 10.2. The maximum Gasteiger partial charge on any atom is 0.124 e. The first kappa shape index (κ1) is 18.0. The van der Waals surface area contributed by atoms with E-state index in [9.17, 15) is 0 Å². The Morgan fingerprint density at radius 2 is 1.95 bits per heavy atom. The van der Waals surface area contributed by atoms with E-state index in [0.717, 1.165) is 18.7 Å². The van der Waals surface area contributed by atoms with E-state index in [-0.39, 0.29) is 0 Å². The van der Waals surface area contributed by atoms with Crippen LogP contribution in [0.2, 0.25) is 0 Å². The number of ether oxygens (including phenoxy) is 3. The Morgan fingerprint density at radius 1 is 1.14 bits per heavy atom. The molecule has 1 unspecified atom stereocenters. The standard InChI is InChI=1S/C17H29NO3/c1-5-18-15(3)16-13-14(2)7-8-17(16)21-10-6-9-20-12-11-19-4/h7-8,13,15,18H,5-6,9-12H2,1-4H3. The SMILES string of the molecule is CCNC(C)c1cc(C)ccc1OCCCOCCOC. The van der Waals surface area contributed by atoms with Crippen molar-refractivity contribution in [2.75, 3.05) is 40.1 Å². The lowest BCUT2D eigenvalue weighted by atomic mass is 10.0. The number of benzene rings is 1. The second-order valence-electron chi connectivity index (χ2n) is 5.13. The van der Waals surface area contributed by atoms with E-state index in [1.54, 1.807) is 7.11 Å². The molecule has 4 nitrogen and oxygen atoms in total. The quantitative estimate of drug-likeness (QED) is 0.637. The Hall–Kier alpha value is -1.10. The van der Waals surface area contributed by atoms with E-state index in [1.807, 2.05) is 0 Å². The molecule has 0 bridgehead atoms. The van der Waals surface area contributed by atoms with Gasteiger partial charge >= 0.3 is 0 Å². The predicted octanol–water partition coefficient (Wildman–Crippen LogP) is 3.10. The molecule has 1 N–H and O–H groups in total. The van der Waals surface area contributed by atoms with Crippen LogP contribution in [0.15, 0.2) is 18.2 Å². The highest BCUT2D eigenvalue weighted by Crippen LogP contribution is 2.26. The molecule has 0 aromatic heterocycles. The molecule has 4 heteroatoms. The molecule has 0 aliphatic heterocycles. The predicted molar refractivity (Wildman–Crippen MR) is 86.1 cm³/mol. The molecule has 0 amide bonds. The molecule has 1 rings (SSSR count). The van der Waals surface area contributed by atoms with Crippen molar-refractivity contribution in [1.29, 1.82) is 0 Å². The molecule has 21 heavy (non-hydrogen) atoms. The van der Waals surface area contributed by atoms with Crippen LogP contribution in [-0.2, 0) is 9.47 Å². The topological polar surface area (TPSA) is 39.7 Å². The first-order valence-electron chi connectivity index (χ1n) is 7.72. The third-order valence-corrected chi connectivity index (χ3v) is 3.26. The van der Waals surface area contributed by atoms with Crippen LogP contribution < -0.4 is 10.1 Å². The summed E-state index contributed by atoms with van der Waals surface area (Å²) in [6, 6.07) is 6.64. The zero-order valence-electron chi connectivity index (χ0n) is 13.8. The van der Waals surface area contributed by atoms with Crippen LogP contribution in [0.3, 0.4) is 0 Å². The fourth-order valence-corrected chi connectivity index (χ4v) is 2.14. The van der Waals surface area contributed by atoms with Gasteiger partial charge in [0, 0.05) is 31.7 Å². The Labute approximate surface area is 128 Å². The monoisotopic (exact) mass is 295 g/mol. The Morgan fingerprint density at radius 3 is 2.67 bits per heavy atom. The Kier molecular flexibility index (Phi) is 9.06. The molecule has 1 atom stereocenters.